The van der Waals surface area contributed by atoms with Crippen molar-refractivity contribution < 1.29 is 19.4 Å². The largest absolute Gasteiger partial charge is 0.481 e. The van der Waals surface area contributed by atoms with Gasteiger partial charge in [0.1, 0.15) is 5.41 Å². The molecule has 0 amide bonds. The lowest BCUT2D eigenvalue weighted by Crippen LogP contribution is -2.38. The number of nitrogen functional groups attached to an aromatic ring is 1. The second-order valence-corrected chi connectivity index (χ2v) is 6.11. The molecule has 22 heavy (non-hydrogen) atoms. The summed E-state index contributed by atoms with van der Waals surface area (Å²) in [5, 5.41) is 11.1. The summed E-state index contributed by atoms with van der Waals surface area (Å²) in [6.07, 6.45) is 3.38. The van der Waals surface area contributed by atoms with E-state index in [4.69, 9.17) is 15.6 Å². The van der Waals surface area contributed by atoms with Gasteiger partial charge < -0.3 is 15.6 Å². The zero-order valence-electron chi connectivity index (χ0n) is 13.1. The van der Waals surface area contributed by atoms with Crippen molar-refractivity contribution in [1.29, 1.82) is 0 Å². The van der Waals surface area contributed by atoms with E-state index in [9.17, 15) is 9.59 Å². The monoisotopic (exact) mass is 328 g/mol. The third-order valence-corrected chi connectivity index (χ3v) is 4.33. The smallest absolute Gasteiger partial charge is 0.318 e. The van der Waals surface area contributed by atoms with E-state index in [0.717, 1.165) is 19.3 Å². The van der Waals surface area contributed by atoms with E-state index in [-0.39, 0.29) is 19.4 Å². The van der Waals surface area contributed by atoms with Gasteiger partial charge in [0.05, 0.1) is 12.3 Å². The molecule has 0 spiro atoms. The fourth-order valence-electron chi connectivity index (χ4n) is 2.46. The summed E-state index contributed by atoms with van der Waals surface area (Å²) in [5.74, 6) is -1.34. The minimum Gasteiger partial charge on any atom is -0.481 e. The maximum atomic E-state index is 12.6. The summed E-state index contributed by atoms with van der Waals surface area (Å²) >= 11 is 1.25. The summed E-state index contributed by atoms with van der Waals surface area (Å²) in [6.45, 7) is 4.06. The van der Waals surface area contributed by atoms with Crippen LogP contribution in [0.4, 0.5) is 5.13 Å². The third-order valence-electron chi connectivity index (χ3n) is 3.65. The molecule has 6 nitrogen and oxygen atoms in total. The van der Waals surface area contributed by atoms with Crippen LogP contribution in [0.1, 0.15) is 58.1 Å². The van der Waals surface area contributed by atoms with Crippen LogP contribution in [0, 0.1) is 0 Å². The van der Waals surface area contributed by atoms with Crippen LogP contribution in [0.2, 0.25) is 0 Å². The van der Waals surface area contributed by atoms with Crippen LogP contribution in [0.25, 0.3) is 0 Å². The molecule has 7 heteroatoms. The van der Waals surface area contributed by atoms with Crippen LogP contribution in [0.15, 0.2) is 5.38 Å². The molecule has 0 radical (unpaired) electrons. The molecule has 0 aromatic carbocycles. The number of carbonyl (C=O) groups excluding carboxylic acids is 1. The van der Waals surface area contributed by atoms with E-state index in [1.807, 2.05) is 0 Å². The molecule has 0 saturated carbocycles. The number of aromatic nitrogens is 1. The zero-order valence-corrected chi connectivity index (χ0v) is 13.9. The standard InChI is InChI=1S/C15H24N2O4S/c1-3-5-6-8-15(9-7-12(18)19,13(20)21-4-2)11-10-22-14(16)17-11/h10H,3-9H2,1-2H3,(H2,16,17)(H,18,19). The Kier molecular flexibility index (Phi) is 7.31. The minimum atomic E-state index is -1.02. The summed E-state index contributed by atoms with van der Waals surface area (Å²) in [7, 11) is 0. The Bertz CT molecular complexity index is 503. The van der Waals surface area contributed by atoms with Crippen LogP contribution in [0.5, 0.6) is 0 Å². The van der Waals surface area contributed by atoms with Crippen LogP contribution < -0.4 is 5.73 Å². The van der Waals surface area contributed by atoms with E-state index >= 15 is 0 Å². The average Bonchev–Trinajstić information content (AvgIpc) is 2.90. The number of unbranched alkanes of at least 4 members (excludes halogenated alkanes) is 2. The number of hydrogen-bond acceptors (Lipinski definition) is 6. The van der Waals surface area contributed by atoms with Crippen LogP contribution >= 0.6 is 11.3 Å². The zero-order chi connectivity index (χ0) is 16.6. The van der Waals surface area contributed by atoms with Gasteiger partial charge in [-0.15, -0.1) is 11.3 Å². The number of esters is 1. The number of carboxylic acids is 1. The SMILES string of the molecule is CCCCCC(CCC(=O)O)(C(=O)OCC)c1csc(N)n1. The average molecular weight is 328 g/mol. The quantitative estimate of drug-likeness (QED) is 0.505. The number of ether oxygens (including phenoxy) is 1. The Morgan fingerprint density at radius 3 is 2.59 bits per heavy atom. The van der Waals surface area contributed by atoms with Gasteiger partial charge in [0.15, 0.2) is 5.13 Å². The predicted molar refractivity (Wildman–Crippen MR) is 85.8 cm³/mol. The van der Waals surface area contributed by atoms with Gasteiger partial charge in [0.25, 0.3) is 0 Å². The van der Waals surface area contributed by atoms with E-state index in [2.05, 4.69) is 11.9 Å². The lowest BCUT2D eigenvalue weighted by molar-refractivity contribution is -0.151. The van der Waals surface area contributed by atoms with Crippen LogP contribution in [-0.4, -0.2) is 28.6 Å². The molecule has 0 aliphatic carbocycles. The number of anilines is 1. The Morgan fingerprint density at radius 2 is 2.09 bits per heavy atom. The van der Waals surface area contributed by atoms with E-state index in [0.29, 0.717) is 17.2 Å². The summed E-state index contributed by atoms with van der Waals surface area (Å²) in [6, 6.07) is 0. The summed E-state index contributed by atoms with van der Waals surface area (Å²) in [5.41, 5.74) is 5.22. The lowest BCUT2D eigenvalue weighted by atomic mass is 9.76. The summed E-state index contributed by atoms with van der Waals surface area (Å²) < 4.78 is 5.23. The number of aliphatic carboxylic acids is 1. The molecule has 0 saturated heterocycles. The molecule has 0 bridgehead atoms. The second kappa shape index (κ2) is 8.73. The highest BCUT2D eigenvalue weighted by molar-refractivity contribution is 7.13. The molecular formula is C15H24N2O4S. The minimum absolute atomic E-state index is 0.109. The molecule has 1 unspecified atom stereocenters. The Hall–Kier alpha value is -1.63. The molecule has 1 rings (SSSR count). The van der Waals surface area contributed by atoms with Crippen molar-refractivity contribution in [3.63, 3.8) is 0 Å². The molecule has 0 fully saturated rings. The van der Waals surface area contributed by atoms with Gasteiger partial charge in [-0.2, -0.15) is 0 Å². The number of carboxylic acid groups (broad SMARTS) is 1. The third kappa shape index (κ3) is 4.69. The van der Waals surface area contributed by atoms with E-state index in [1.165, 1.54) is 11.3 Å². The first-order valence-electron chi connectivity index (χ1n) is 7.56. The van der Waals surface area contributed by atoms with Gasteiger partial charge in [0.2, 0.25) is 0 Å². The van der Waals surface area contributed by atoms with Crippen molar-refractivity contribution in [1.82, 2.24) is 4.98 Å². The van der Waals surface area contributed by atoms with Crippen molar-refractivity contribution in [2.75, 3.05) is 12.3 Å². The van der Waals surface area contributed by atoms with Gasteiger partial charge in [-0.1, -0.05) is 26.2 Å². The molecule has 124 valence electrons. The number of nitrogens with zero attached hydrogens (tertiary/aromatic N) is 1. The normalized spacial score (nSPS) is 13.5. The first-order valence-corrected chi connectivity index (χ1v) is 8.44. The highest BCUT2D eigenvalue weighted by atomic mass is 32.1. The van der Waals surface area contributed by atoms with E-state index in [1.54, 1.807) is 12.3 Å². The Balaban J connectivity index is 3.14. The second-order valence-electron chi connectivity index (χ2n) is 5.22. The van der Waals surface area contributed by atoms with Gasteiger partial charge in [-0.25, -0.2) is 4.98 Å². The van der Waals surface area contributed by atoms with Crippen molar-refractivity contribution in [2.45, 2.75) is 57.8 Å². The molecule has 1 atom stereocenters. The van der Waals surface area contributed by atoms with Gasteiger partial charge in [-0.3, -0.25) is 9.59 Å². The Morgan fingerprint density at radius 1 is 1.36 bits per heavy atom. The Labute approximate surface area is 134 Å². The van der Waals surface area contributed by atoms with Crippen LogP contribution in [-0.2, 0) is 19.7 Å². The maximum Gasteiger partial charge on any atom is 0.318 e. The fraction of sp³-hybridized carbons (Fsp3) is 0.667. The fourth-order valence-corrected chi connectivity index (χ4v) is 3.13. The first-order chi connectivity index (χ1) is 10.5. The number of hydrogen-bond donors (Lipinski definition) is 2. The molecular weight excluding hydrogens is 304 g/mol. The number of nitrogens with two attached hydrogens (primary N) is 1. The highest BCUT2D eigenvalue weighted by Gasteiger charge is 2.43. The van der Waals surface area contributed by atoms with Crippen molar-refractivity contribution in [3.8, 4) is 0 Å². The number of thiazole rings is 1. The first kappa shape index (κ1) is 18.4. The van der Waals surface area contributed by atoms with Gasteiger partial charge in [0, 0.05) is 11.8 Å². The van der Waals surface area contributed by atoms with Crippen molar-refractivity contribution in [2.24, 2.45) is 0 Å². The van der Waals surface area contributed by atoms with Crippen molar-refractivity contribution in [3.05, 3.63) is 11.1 Å². The highest BCUT2D eigenvalue weighted by Crippen LogP contribution is 2.37. The lowest BCUT2D eigenvalue weighted by Gasteiger charge is -2.29. The maximum absolute atomic E-state index is 12.6. The molecule has 1 aromatic rings. The molecule has 0 aliphatic heterocycles. The topological polar surface area (TPSA) is 103 Å². The number of rotatable bonds is 10. The number of carbonyl (C=O) groups is 2. The van der Waals surface area contributed by atoms with Crippen molar-refractivity contribution >= 4 is 28.4 Å². The van der Waals surface area contributed by atoms with Crippen LogP contribution in [0.3, 0.4) is 0 Å². The van der Waals surface area contributed by atoms with Gasteiger partial charge in [-0.05, 0) is 19.8 Å². The van der Waals surface area contributed by atoms with Gasteiger partial charge >= 0.3 is 11.9 Å². The summed E-state index contributed by atoms with van der Waals surface area (Å²) in [4.78, 5) is 27.8. The molecule has 0 aliphatic rings. The molecule has 1 heterocycles. The molecule has 3 N–H and O–H groups in total. The van der Waals surface area contributed by atoms with E-state index < -0.39 is 17.4 Å². The predicted octanol–water partition coefficient (Wildman–Crippen LogP) is 2.97. The molecule has 1 aromatic heterocycles.